The third kappa shape index (κ3) is 3.06. The van der Waals surface area contributed by atoms with Gasteiger partial charge in [-0.15, -0.1) is 0 Å². The third-order valence-corrected chi connectivity index (χ3v) is 2.79. The number of ether oxygens (including phenoxy) is 1. The zero-order chi connectivity index (χ0) is 11.8. The second-order valence-electron chi connectivity index (χ2n) is 2.81. The van der Waals surface area contributed by atoms with Crippen LogP contribution < -0.4 is 41.0 Å². The molecule has 1 aliphatic rings. The minimum Gasteiger partial charge on any atom is -0.731 e. The van der Waals surface area contributed by atoms with Crippen molar-refractivity contribution in [2.24, 2.45) is 11.5 Å². The van der Waals surface area contributed by atoms with Crippen molar-refractivity contribution in [1.82, 2.24) is 4.31 Å². The molecule has 1 saturated heterocycles. The van der Waals surface area contributed by atoms with E-state index in [2.05, 4.69) is 10.5 Å². The minimum absolute atomic E-state index is 0. The molecule has 0 aromatic carbocycles. The second-order valence-corrected chi connectivity index (χ2v) is 4.06. The Morgan fingerprint density at radius 2 is 2.06 bits per heavy atom. The molecule has 1 aliphatic heterocycles. The van der Waals surface area contributed by atoms with Crippen LogP contribution in [0.2, 0.25) is 0 Å². The molecule has 2 amide bonds. The Balaban J connectivity index is 0.00000225. The van der Waals surface area contributed by atoms with Gasteiger partial charge < -0.3 is 20.8 Å². The molecule has 0 saturated carbocycles. The van der Waals surface area contributed by atoms with Crippen LogP contribution in [0.3, 0.4) is 0 Å². The van der Waals surface area contributed by atoms with E-state index in [9.17, 15) is 22.6 Å². The van der Waals surface area contributed by atoms with E-state index in [1.165, 1.54) is 0 Å². The molecule has 4 N–H and O–H groups in total. The molecule has 0 radical (unpaired) electrons. The van der Waals surface area contributed by atoms with Crippen LogP contribution in [0.5, 0.6) is 0 Å². The van der Waals surface area contributed by atoms with E-state index in [1.54, 1.807) is 0 Å². The molecule has 1 heterocycles. The summed E-state index contributed by atoms with van der Waals surface area (Å²) in [6.07, 6.45) is -1.15. The van der Waals surface area contributed by atoms with Crippen molar-refractivity contribution >= 4 is 22.3 Å². The van der Waals surface area contributed by atoms with Crippen molar-refractivity contribution in [2.45, 2.75) is 12.1 Å². The van der Waals surface area contributed by atoms with Gasteiger partial charge >= 0.3 is 35.7 Å². The van der Waals surface area contributed by atoms with Crippen LogP contribution in [0.15, 0.2) is 0 Å². The van der Waals surface area contributed by atoms with Crippen LogP contribution in [-0.2, 0) is 19.8 Å². The van der Waals surface area contributed by atoms with Gasteiger partial charge in [0.25, 0.3) is 5.91 Å². The van der Waals surface area contributed by atoms with Gasteiger partial charge in [-0.3, -0.25) is 4.79 Å². The van der Waals surface area contributed by atoms with Crippen molar-refractivity contribution in [1.29, 1.82) is 0 Å². The van der Waals surface area contributed by atoms with Gasteiger partial charge in [0.2, 0.25) is 0 Å². The van der Waals surface area contributed by atoms with Gasteiger partial charge in [-0.05, 0) is 0 Å². The maximum atomic E-state index is 10.9. The van der Waals surface area contributed by atoms with Gasteiger partial charge in [-0.25, -0.2) is 17.5 Å². The van der Waals surface area contributed by atoms with Crippen LogP contribution in [0.4, 0.5) is 4.79 Å². The Morgan fingerprint density at radius 1 is 1.56 bits per heavy atom. The Kier molecular flexibility index (Phi) is 5.16. The fraction of sp³-hybridized carbons (Fsp3) is 0.600. The Morgan fingerprint density at radius 3 is 2.44 bits per heavy atom. The number of carbonyl (C=O) groups excluding carboxylic acids is 2. The Labute approximate surface area is 113 Å². The Bertz CT molecular complexity index is 397. The number of carbonyl (C=O) groups is 2. The molecule has 1 fully saturated rings. The van der Waals surface area contributed by atoms with Gasteiger partial charge in [0.1, 0.15) is 18.7 Å². The molecule has 16 heavy (non-hydrogen) atoms. The summed E-state index contributed by atoms with van der Waals surface area (Å²) in [6.45, 7) is -0.524. The summed E-state index contributed by atoms with van der Waals surface area (Å²) in [5.41, 5.74) is 9.83. The number of β-lactam (4-membered cyclic amide) rings is 1. The fourth-order valence-electron chi connectivity index (χ4n) is 1.15. The van der Waals surface area contributed by atoms with E-state index in [0.717, 1.165) is 0 Å². The molecule has 0 aliphatic carbocycles. The average Bonchev–Trinajstić information content (AvgIpc) is 2.07. The first kappa shape index (κ1) is 15.6. The van der Waals surface area contributed by atoms with Crippen molar-refractivity contribution in [2.75, 3.05) is 6.61 Å². The van der Waals surface area contributed by atoms with E-state index in [1.807, 2.05) is 0 Å². The fourth-order valence-corrected chi connectivity index (χ4v) is 2.02. The number of nitrogens with zero attached hydrogens (tertiary/aromatic N) is 1. The van der Waals surface area contributed by atoms with E-state index in [4.69, 9.17) is 5.73 Å². The van der Waals surface area contributed by atoms with Gasteiger partial charge in [0, 0.05) is 0 Å². The Hall–Kier alpha value is -0.390. The van der Waals surface area contributed by atoms with Crippen LogP contribution in [0.25, 0.3) is 0 Å². The zero-order valence-corrected chi connectivity index (χ0v) is 11.1. The predicted octanol–water partition coefficient (Wildman–Crippen LogP) is -5.92. The molecule has 0 aromatic heterocycles. The standard InChI is InChI=1S/C5H9N3O6S.Na/c6-3-2(1-14-5(7)10)8(4(3)9)15(11,12)13;/h2-3H,1,6H2,(H2,7,10)(H,11,12,13);/q;+1/p-1/t2-,3+;/m1./s1. The molecule has 11 heteroatoms. The summed E-state index contributed by atoms with van der Waals surface area (Å²) in [7, 11) is -4.92. The first-order valence-electron chi connectivity index (χ1n) is 3.72. The van der Waals surface area contributed by atoms with Gasteiger partial charge in [-0.2, -0.15) is 0 Å². The summed E-state index contributed by atoms with van der Waals surface area (Å²) in [5.74, 6) is -1.02. The summed E-state index contributed by atoms with van der Waals surface area (Å²) in [6, 6.07) is -2.35. The summed E-state index contributed by atoms with van der Waals surface area (Å²) >= 11 is 0. The van der Waals surface area contributed by atoms with Gasteiger partial charge in [0.05, 0.1) is 0 Å². The van der Waals surface area contributed by atoms with Crippen LogP contribution in [0, 0.1) is 0 Å². The van der Waals surface area contributed by atoms with Crippen LogP contribution in [-0.4, -0.2) is 48.0 Å². The van der Waals surface area contributed by atoms with Gasteiger partial charge in [-0.1, -0.05) is 0 Å². The topological polar surface area (TPSA) is 156 Å². The predicted molar refractivity (Wildman–Crippen MR) is 43.8 cm³/mol. The van der Waals surface area contributed by atoms with E-state index in [0.29, 0.717) is 0 Å². The maximum absolute atomic E-state index is 10.9. The van der Waals surface area contributed by atoms with E-state index >= 15 is 0 Å². The minimum atomic E-state index is -4.92. The van der Waals surface area contributed by atoms with Crippen molar-refractivity contribution < 1.29 is 56.9 Å². The normalized spacial score (nSPS) is 24.4. The zero-order valence-electron chi connectivity index (χ0n) is 8.32. The number of rotatable bonds is 3. The molecule has 86 valence electrons. The average molecular weight is 261 g/mol. The van der Waals surface area contributed by atoms with E-state index < -0.39 is 41.0 Å². The molecular formula is C5H8N3NaO6S. The summed E-state index contributed by atoms with van der Waals surface area (Å²) in [4.78, 5) is 21.1. The summed E-state index contributed by atoms with van der Waals surface area (Å²) in [5, 5.41) is 0. The number of hydrogen-bond acceptors (Lipinski definition) is 7. The molecule has 2 atom stereocenters. The summed E-state index contributed by atoms with van der Waals surface area (Å²) < 4.78 is 35.9. The molecule has 0 unspecified atom stereocenters. The number of primary amides is 1. The maximum Gasteiger partial charge on any atom is 1.00 e. The van der Waals surface area contributed by atoms with Crippen molar-refractivity contribution in [3.05, 3.63) is 0 Å². The SMILES string of the molecule is NC(=O)OC[C@@H]1[C@H](N)C(=O)N1S(=O)(=O)[O-].[Na+]. The van der Waals surface area contributed by atoms with Crippen LogP contribution >= 0.6 is 0 Å². The first-order valence-corrected chi connectivity index (χ1v) is 5.08. The molecule has 0 aromatic rings. The first-order chi connectivity index (χ1) is 6.75. The molecule has 0 bridgehead atoms. The molecule has 9 nitrogen and oxygen atoms in total. The largest absolute Gasteiger partial charge is 1.00 e. The number of amides is 2. The quantitative estimate of drug-likeness (QED) is 0.291. The van der Waals surface area contributed by atoms with Crippen molar-refractivity contribution in [3.8, 4) is 0 Å². The molecule has 0 spiro atoms. The monoisotopic (exact) mass is 261 g/mol. The van der Waals surface area contributed by atoms with Crippen molar-refractivity contribution in [3.63, 3.8) is 0 Å². The van der Waals surface area contributed by atoms with E-state index in [-0.39, 0.29) is 33.9 Å². The number of hydrogen-bond donors (Lipinski definition) is 2. The smallest absolute Gasteiger partial charge is 0.731 e. The van der Waals surface area contributed by atoms with Gasteiger partial charge in [0.15, 0.2) is 10.3 Å². The molecule has 1 rings (SSSR count). The third-order valence-electron chi connectivity index (χ3n) is 1.86. The van der Waals surface area contributed by atoms with Crippen LogP contribution in [0.1, 0.15) is 0 Å². The number of nitrogens with two attached hydrogens (primary N) is 2. The molecular weight excluding hydrogens is 253 g/mol. The second kappa shape index (κ2) is 5.29.